The number of hydrogen-bond donors (Lipinski definition) is 1. The van der Waals surface area contributed by atoms with Gasteiger partial charge in [-0.25, -0.2) is 4.83 Å². The molecule has 8 nitrogen and oxygen atoms in total. The Morgan fingerprint density at radius 2 is 1.56 bits per heavy atom. The fourth-order valence-corrected chi connectivity index (χ4v) is 4.39. The van der Waals surface area contributed by atoms with Crippen molar-refractivity contribution < 1.29 is 25.8 Å². The van der Waals surface area contributed by atoms with Crippen molar-refractivity contribution in [3.05, 3.63) is 83.9 Å². The van der Waals surface area contributed by atoms with Crippen LogP contribution in [0.3, 0.4) is 0 Å². The molecule has 0 fully saturated rings. The number of aryl methyl sites for hydroxylation is 1. The monoisotopic (exact) mass is 474 g/mol. The van der Waals surface area contributed by atoms with E-state index in [1.54, 1.807) is 37.3 Å². The molecule has 0 amide bonds. The SMILES string of the molecule is CCOc1cc(/C=N\NS(=O)(=O)c2ccc(C)cc2)ccc1OS(=O)(=O)c1ccccc1. The summed E-state index contributed by atoms with van der Waals surface area (Å²) in [6.07, 6.45) is 1.28. The first-order chi connectivity index (χ1) is 15.2. The number of nitrogens with one attached hydrogen (secondary N) is 1. The number of hydrogen-bond acceptors (Lipinski definition) is 7. The molecule has 10 heteroatoms. The molecule has 0 aliphatic heterocycles. The Bertz CT molecular complexity index is 1300. The Balaban J connectivity index is 1.79. The summed E-state index contributed by atoms with van der Waals surface area (Å²) >= 11 is 0. The summed E-state index contributed by atoms with van der Waals surface area (Å²) in [5.74, 6) is 0.186. The summed E-state index contributed by atoms with van der Waals surface area (Å²) in [5, 5.41) is 3.79. The molecule has 3 aromatic carbocycles. The van der Waals surface area contributed by atoms with Gasteiger partial charge in [-0.15, -0.1) is 0 Å². The Hall–Kier alpha value is -3.37. The number of rotatable bonds is 9. The Labute approximate surface area is 187 Å². The topological polar surface area (TPSA) is 111 Å². The molecular formula is C22H22N2O6S2. The van der Waals surface area contributed by atoms with Crippen molar-refractivity contribution in [3.63, 3.8) is 0 Å². The second-order valence-corrected chi connectivity index (χ2v) is 9.86. The lowest BCUT2D eigenvalue weighted by atomic mass is 10.2. The summed E-state index contributed by atoms with van der Waals surface area (Å²) in [6, 6.07) is 18.5. The maximum Gasteiger partial charge on any atom is 0.339 e. The fraction of sp³-hybridized carbons (Fsp3) is 0.136. The minimum absolute atomic E-state index is 0.00749. The smallest absolute Gasteiger partial charge is 0.339 e. The Morgan fingerprint density at radius 3 is 2.22 bits per heavy atom. The molecule has 0 heterocycles. The number of sulfonamides is 1. The van der Waals surface area contributed by atoms with Gasteiger partial charge in [-0.3, -0.25) is 0 Å². The molecular weight excluding hydrogens is 452 g/mol. The van der Waals surface area contributed by atoms with Gasteiger partial charge in [0.1, 0.15) is 4.90 Å². The second kappa shape index (κ2) is 9.84. The van der Waals surface area contributed by atoms with Gasteiger partial charge < -0.3 is 8.92 Å². The van der Waals surface area contributed by atoms with Gasteiger partial charge in [0.05, 0.1) is 17.7 Å². The van der Waals surface area contributed by atoms with E-state index in [2.05, 4.69) is 9.93 Å². The van der Waals surface area contributed by atoms with Crippen molar-refractivity contribution in [1.29, 1.82) is 0 Å². The van der Waals surface area contributed by atoms with Crippen molar-refractivity contribution in [1.82, 2.24) is 4.83 Å². The van der Waals surface area contributed by atoms with E-state index in [1.807, 2.05) is 6.92 Å². The van der Waals surface area contributed by atoms with E-state index in [9.17, 15) is 16.8 Å². The zero-order valence-electron chi connectivity index (χ0n) is 17.4. The fourth-order valence-electron chi connectivity index (χ4n) is 2.64. The lowest BCUT2D eigenvalue weighted by molar-refractivity contribution is 0.327. The Kier molecular flexibility index (Phi) is 7.16. The summed E-state index contributed by atoms with van der Waals surface area (Å²) < 4.78 is 60.4. The summed E-state index contributed by atoms with van der Waals surface area (Å²) in [7, 11) is -7.86. The molecule has 168 valence electrons. The summed E-state index contributed by atoms with van der Waals surface area (Å²) in [5.41, 5.74) is 1.41. The van der Waals surface area contributed by atoms with Gasteiger partial charge in [0.25, 0.3) is 10.0 Å². The predicted molar refractivity (Wildman–Crippen MR) is 121 cm³/mol. The standard InChI is InChI=1S/C22H22N2O6S2/c1-3-29-22-15-18(16-23-24-31(25,26)19-12-9-17(2)10-13-19)11-14-21(22)30-32(27,28)20-7-5-4-6-8-20/h4-16,24H,3H2,1-2H3/b23-16-. The van der Waals surface area contributed by atoms with Gasteiger partial charge in [0, 0.05) is 0 Å². The van der Waals surface area contributed by atoms with Crippen molar-refractivity contribution in [2.24, 2.45) is 5.10 Å². The van der Waals surface area contributed by atoms with Crippen LogP contribution in [-0.2, 0) is 20.1 Å². The number of benzene rings is 3. The Morgan fingerprint density at radius 1 is 0.875 bits per heavy atom. The molecule has 3 aromatic rings. The van der Waals surface area contributed by atoms with E-state index in [-0.39, 0.29) is 27.9 Å². The van der Waals surface area contributed by atoms with Crippen LogP contribution in [0, 0.1) is 6.92 Å². The van der Waals surface area contributed by atoms with Gasteiger partial charge in [0.2, 0.25) is 0 Å². The van der Waals surface area contributed by atoms with Crippen LogP contribution >= 0.6 is 0 Å². The van der Waals surface area contributed by atoms with Crippen LogP contribution in [0.4, 0.5) is 0 Å². The zero-order chi connectivity index (χ0) is 23.2. The van der Waals surface area contributed by atoms with Crippen LogP contribution in [-0.4, -0.2) is 29.7 Å². The highest BCUT2D eigenvalue weighted by Gasteiger charge is 2.19. The first-order valence-electron chi connectivity index (χ1n) is 9.59. The van der Waals surface area contributed by atoms with Crippen molar-refractivity contribution >= 4 is 26.4 Å². The largest absolute Gasteiger partial charge is 0.490 e. The molecule has 32 heavy (non-hydrogen) atoms. The molecule has 1 N–H and O–H groups in total. The van der Waals surface area contributed by atoms with E-state index in [0.717, 1.165) is 5.56 Å². The van der Waals surface area contributed by atoms with Gasteiger partial charge in [-0.05, 0) is 61.9 Å². The van der Waals surface area contributed by atoms with Gasteiger partial charge in [-0.2, -0.15) is 21.9 Å². The number of hydrazone groups is 1. The van der Waals surface area contributed by atoms with Crippen LogP contribution in [0.15, 0.2) is 87.7 Å². The van der Waals surface area contributed by atoms with Gasteiger partial charge >= 0.3 is 10.1 Å². The highest BCUT2D eigenvalue weighted by molar-refractivity contribution is 7.89. The second-order valence-electron chi connectivity index (χ2n) is 6.66. The van der Waals surface area contributed by atoms with Crippen LogP contribution in [0.1, 0.15) is 18.1 Å². The molecule has 0 aliphatic rings. The van der Waals surface area contributed by atoms with Crippen LogP contribution in [0.2, 0.25) is 0 Å². The van der Waals surface area contributed by atoms with E-state index in [0.29, 0.717) is 5.56 Å². The van der Waals surface area contributed by atoms with E-state index in [4.69, 9.17) is 8.92 Å². The normalized spacial score (nSPS) is 11.9. The number of ether oxygens (including phenoxy) is 1. The third kappa shape index (κ3) is 5.86. The van der Waals surface area contributed by atoms with Crippen molar-refractivity contribution in [3.8, 4) is 11.5 Å². The van der Waals surface area contributed by atoms with E-state index < -0.39 is 20.1 Å². The summed E-state index contributed by atoms with van der Waals surface area (Å²) in [4.78, 5) is 2.24. The molecule has 0 aromatic heterocycles. The molecule has 0 bridgehead atoms. The quantitative estimate of drug-likeness (QED) is 0.289. The van der Waals surface area contributed by atoms with Crippen LogP contribution in [0.5, 0.6) is 11.5 Å². The highest BCUT2D eigenvalue weighted by Crippen LogP contribution is 2.30. The lowest BCUT2D eigenvalue weighted by Crippen LogP contribution is -2.18. The molecule has 0 aliphatic carbocycles. The first kappa shape index (κ1) is 23.3. The highest BCUT2D eigenvalue weighted by atomic mass is 32.2. The molecule has 0 unspecified atom stereocenters. The molecule has 3 rings (SSSR count). The minimum atomic E-state index is -4.04. The molecule has 0 saturated heterocycles. The molecule has 0 radical (unpaired) electrons. The van der Waals surface area contributed by atoms with E-state index >= 15 is 0 Å². The maximum absolute atomic E-state index is 12.5. The van der Waals surface area contributed by atoms with Crippen molar-refractivity contribution in [2.45, 2.75) is 23.6 Å². The zero-order valence-corrected chi connectivity index (χ0v) is 19.1. The van der Waals surface area contributed by atoms with Gasteiger partial charge in [0.15, 0.2) is 11.5 Å². The van der Waals surface area contributed by atoms with Gasteiger partial charge in [-0.1, -0.05) is 35.9 Å². The maximum atomic E-state index is 12.5. The third-order valence-corrected chi connectivity index (χ3v) is 6.70. The van der Waals surface area contributed by atoms with E-state index in [1.165, 1.54) is 48.7 Å². The molecule has 0 atom stereocenters. The third-order valence-electron chi connectivity index (χ3n) is 4.22. The average molecular weight is 475 g/mol. The van der Waals surface area contributed by atoms with Crippen molar-refractivity contribution in [2.75, 3.05) is 6.61 Å². The summed E-state index contributed by atoms with van der Waals surface area (Å²) in [6.45, 7) is 3.87. The minimum Gasteiger partial charge on any atom is -0.490 e. The lowest BCUT2D eigenvalue weighted by Gasteiger charge is -2.12. The predicted octanol–water partition coefficient (Wildman–Crippen LogP) is 3.47. The number of nitrogens with zero attached hydrogens (tertiary/aromatic N) is 1. The van der Waals surface area contributed by atoms with Crippen LogP contribution < -0.4 is 13.8 Å². The van der Waals surface area contributed by atoms with Crippen LogP contribution in [0.25, 0.3) is 0 Å². The molecule has 0 saturated carbocycles. The molecule has 0 spiro atoms. The average Bonchev–Trinajstić information content (AvgIpc) is 2.76. The first-order valence-corrected chi connectivity index (χ1v) is 12.5.